The Morgan fingerprint density at radius 3 is 2.59 bits per heavy atom. The van der Waals surface area contributed by atoms with Crippen LogP contribution in [-0.2, 0) is 10.0 Å². The van der Waals surface area contributed by atoms with Crippen molar-refractivity contribution in [2.24, 2.45) is 0 Å². The summed E-state index contributed by atoms with van der Waals surface area (Å²) in [7, 11) is -1.82. The van der Waals surface area contributed by atoms with E-state index >= 15 is 0 Å². The molecule has 0 radical (unpaired) electrons. The molecule has 1 aromatic heterocycles. The van der Waals surface area contributed by atoms with Gasteiger partial charge < -0.3 is 15.8 Å². The van der Waals surface area contributed by atoms with E-state index in [-0.39, 0.29) is 34.7 Å². The molecule has 156 valence electrons. The lowest BCUT2D eigenvalue weighted by molar-refractivity contribution is 0.103. The van der Waals surface area contributed by atoms with Crippen molar-refractivity contribution in [1.29, 1.82) is 0 Å². The van der Waals surface area contributed by atoms with Crippen molar-refractivity contribution < 1.29 is 22.3 Å². The highest BCUT2D eigenvalue weighted by atomic mass is 32.2. The smallest absolute Gasteiger partial charge is 0.224 e. The third kappa shape index (κ3) is 4.80. The molecule has 0 atom stereocenters. The summed E-state index contributed by atoms with van der Waals surface area (Å²) in [6, 6.07) is 3.61. The molecule has 1 saturated heterocycles. The Bertz CT molecular complexity index is 1020. The van der Waals surface area contributed by atoms with Gasteiger partial charge in [-0.2, -0.15) is 4.98 Å². The molecule has 29 heavy (non-hydrogen) atoms. The Hall–Kier alpha value is -2.79. The van der Waals surface area contributed by atoms with E-state index in [1.54, 1.807) is 0 Å². The highest BCUT2D eigenvalue weighted by Crippen LogP contribution is 2.25. The average Bonchev–Trinajstić information content (AvgIpc) is 2.67. The number of ketones is 1. The quantitative estimate of drug-likeness (QED) is 0.665. The maximum Gasteiger partial charge on any atom is 0.224 e. The SMILES string of the molecule is COc1ccc(F)cc1C(=O)c1cnc(NC2CCN(S(C)(=O)=O)CC2)nc1N. The number of halogens is 1. The fourth-order valence-electron chi connectivity index (χ4n) is 3.16. The second-order valence-corrected chi connectivity index (χ2v) is 8.73. The van der Waals surface area contributed by atoms with E-state index in [4.69, 9.17) is 10.5 Å². The van der Waals surface area contributed by atoms with Gasteiger partial charge in [-0.15, -0.1) is 0 Å². The van der Waals surface area contributed by atoms with Crippen LogP contribution >= 0.6 is 0 Å². The molecule has 2 aromatic rings. The van der Waals surface area contributed by atoms with E-state index in [9.17, 15) is 17.6 Å². The highest BCUT2D eigenvalue weighted by Gasteiger charge is 2.26. The summed E-state index contributed by atoms with van der Waals surface area (Å²) in [6.45, 7) is 0.809. The number of ether oxygens (including phenoxy) is 1. The Kier molecular flexibility index (Phi) is 5.99. The van der Waals surface area contributed by atoms with Gasteiger partial charge in [0.25, 0.3) is 0 Å². The molecule has 0 unspecified atom stereocenters. The zero-order chi connectivity index (χ0) is 21.2. The number of piperidine rings is 1. The molecule has 2 heterocycles. The van der Waals surface area contributed by atoms with Crippen LogP contribution in [-0.4, -0.2) is 61.0 Å². The van der Waals surface area contributed by atoms with E-state index in [1.165, 1.54) is 36.0 Å². The van der Waals surface area contributed by atoms with Crippen LogP contribution in [0.5, 0.6) is 5.75 Å². The molecule has 1 fully saturated rings. The molecule has 3 rings (SSSR count). The predicted octanol–water partition coefficient (Wildman–Crippen LogP) is 1.27. The number of hydrogen-bond donors (Lipinski definition) is 2. The zero-order valence-electron chi connectivity index (χ0n) is 16.1. The number of sulfonamides is 1. The number of aromatic nitrogens is 2. The third-order valence-corrected chi connectivity index (χ3v) is 6.03. The summed E-state index contributed by atoms with van der Waals surface area (Å²) in [5.41, 5.74) is 6.00. The molecule has 0 spiro atoms. The molecular formula is C18H22FN5O4S. The van der Waals surface area contributed by atoms with Crippen molar-refractivity contribution in [3.8, 4) is 5.75 Å². The molecular weight excluding hydrogens is 401 g/mol. The minimum absolute atomic E-state index is 0.0164. The standard InChI is InChI=1S/C18H22FN5O4S/c1-28-15-4-3-11(19)9-13(15)16(25)14-10-21-18(23-17(14)20)22-12-5-7-24(8-6-12)29(2,26)27/h3-4,9-10,12H,5-8H2,1-2H3,(H3,20,21,22,23). The molecule has 11 heteroatoms. The van der Waals surface area contributed by atoms with E-state index in [1.807, 2.05) is 0 Å². The van der Waals surface area contributed by atoms with Crippen molar-refractivity contribution in [3.05, 3.63) is 41.3 Å². The van der Waals surface area contributed by atoms with Crippen molar-refractivity contribution >= 4 is 27.6 Å². The lowest BCUT2D eigenvalue weighted by Gasteiger charge is -2.30. The first-order valence-electron chi connectivity index (χ1n) is 8.91. The van der Waals surface area contributed by atoms with Gasteiger partial charge in [0.05, 0.1) is 24.5 Å². The first-order chi connectivity index (χ1) is 13.7. The number of carbonyl (C=O) groups is 1. The summed E-state index contributed by atoms with van der Waals surface area (Å²) >= 11 is 0. The maximum atomic E-state index is 13.6. The molecule has 1 aliphatic rings. The average molecular weight is 423 g/mol. The fourth-order valence-corrected chi connectivity index (χ4v) is 4.03. The summed E-state index contributed by atoms with van der Waals surface area (Å²) in [4.78, 5) is 21.0. The predicted molar refractivity (Wildman–Crippen MR) is 106 cm³/mol. The number of carbonyl (C=O) groups excluding carboxylic acids is 1. The normalized spacial score (nSPS) is 15.8. The van der Waals surface area contributed by atoms with E-state index in [2.05, 4.69) is 15.3 Å². The number of nitrogens with zero attached hydrogens (tertiary/aromatic N) is 3. The van der Waals surface area contributed by atoms with Crippen molar-refractivity contribution in [3.63, 3.8) is 0 Å². The van der Waals surface area contributed by atoms with Gasteiger partial charge in [0.15, 0.2) is 0 Å². The van der Waals surface area contributed by atoms with Crippen LogP contribution in [0.2, 0.25) is 0 Å². The van der Waals surface area contributed by atoms with Crippen LogP contribution in [0.4, 0.5) is 16.2 Å². The van der Waals surface area contributed by atoms with Gasteiger partial charge in [-0.05, 0) is 31.0 Å². The van der Waals surface area contributed by atoms with E-state index < -0.39 is 21.6 Å². The number of benzene rings is 1. The molecule has 1 aliphatic heterocycles. The maximum absolute atomic E-state index is 13.6. The first-order valence-corrected chi connectivity index (χ1v) is 10.8. The van der Waals surface area contributed by atoms with E-state index in [0.29, 0.717) is 25.9 Å². The second kappa shape index (κ2) is 8.29. The second-order valence-electron chi connectivity index (χ2n) is 6.75. The number of methoxy groups -OCH3 is 1. The lowest BCUT2D eigenvalue weighted by Crippen LogP contribution is -2.42. The fraction of sp³-hybridized carbons (Fsp3) is 0.389. The number of nitrogens with one attached hydrogen (secondary N) is 1. The molecule has 0 bridgehead atoms. The zero-order valence-corrected chi connectivity index (χ0v) is 16.9. The van der Waals surface area contributed by atoms with Gasteiger partial charge in [0, 0.05) is 25.3 Å². The highest BCUT2D eigenvalue weighted by molar-refractivity contribution is 7.88. The summed E-state index contributed by atoms with van der Waals surface area (Å²) < 4.78 is 43.3. The van der Waals surface area contributed by atoms with Crippen molar-refractivity contribution in [1.82, 2.24) is 14.3 Å². The third-order valence-electron chi connectivity index (χ3n) is 4.73. The van der Waals surface area contributed by atoms with Gasteiger partial charge in [-0.1, -0.05) is 0 Å². The van der Waals surface area contributed by atoms with Crippen LogP contribution in [0.15, 0.2) is 24.4 Å². The Labute approximate surface area is 168 Å². The van der Waals surface area contributed by atoms with Gasteiger partial charge in [-0.3, -0.25) is 4.79 Å². The van der Waals surface area contributed by atoms with Crippen molar-refractivity contribution in [2.45, 2.75) is 18.9 Å². The lowest BCUT2D eigenvalue weighted by atomic mass is 10.0. The van der Waals surface area contributed by atoms with Crippen LogP contribution < -0.4 is 15.8 Å². The van der Waals surface area contributed by atoms with Crippen LogP contribution in [0.1, 0.15) is 28.8 Å². The molecule has 0 aliphatic carbocycles. The Balaban J connectivity index is 1.73. The largest absolute Gasteiger partial charge is 0.496 e. The Morgan fingerprint density at radius 1 is 1.31 bits per heavy atom. The molecule has 0 amide bonds. The number of rotatable bonds is 6. The van der Waals surface area contributed by atoms with Crippen molar-refractivity contribution in [2.75, 3.05) is 37.5 Å². The van der Waals surface area contributed by atoms with Gasteiger partial charge in [0.2, 0.25) is 21.8 Å². The van der Waals surface area contributed by atoms with Crippen LogP contribution in [0.25, 0.3) is 0 Å². The topological polar surface area (TPSA) is 128 Å². The molecule has 9 nitrogen and oxygen atoms in total. The summed E-state index contributed by atoms with van der Waals surface area (Å²) in [6.07, 6.45) is 3.66. The monoisotopic (exact) mass is 423 g/mol. The minimum Gasteiger partial charge on any atom is -0.496 e. The Morgan fingerprint density at radius 2 is 2.00 bits per heavy atom. The molecule has 0 saturated carbocycles. The summed E-state index contributed by atoms with van der Waals surface area (Å²) in [5, 5.41) is 3.11. The van der Waals surface area contributed by atoms with E-state index in [0.717, 1.165) is 6.07 Å². The first kappa shape index (κ1) is 20.9. The summed E-state index contributed by atoms with van der Waals surface area (Å²) in [5.74, 6) is -0.717. The van der Waals surface area contributed by atoms with Gasteiger partial charge in [-0.25, -0.2) is 22.1 Å². The van der Waals surface area contributed by atoms with Gasteiger partial charge in [0.1, 0.15) is 17.4 Å². The number of hydrogen-bond acceptors (Lipinski definition) is 8. The molecule has 3 N–H and O–H groups in total. The minimum atomic E-state index is -3.20. The molecule has 1 aromatic carbocycles. The van der Waals surface area contributed by atoms with Crippen LogP contribution in [0.3, 0.4) is 0 Å². The number of nitrogens with two attached hydrogens (primary N) is 1. The number of anilines is 2. The van der Waals surface area contributed by atoms with Crippen LogP contribution in [0, 0.1) is 5.82 Å². The number of nitrogen functional groups attached to an aromatic ring is 1. The van der Waals surface area contributed by atoms with Gasteiger partial charge >= 0.3 is 0 Å².